The molecule has 0 aromatic carbocycles. The van der Waals surface area contributed by atoms with E-state index in [2.05, 4.69) is 0 Å². The van der Waals surface area contributed by atoms with Gasteiger partial charge in [-0.2, -0.15) is 0 Å². The number of nitrogens with two attached hydrogens (primary N) is 1. The van der Waals surface area contributed by atoms with Crippen LogP contribution in [0.5, 0.6) is 0 Å². The van der Waals surface area contributed by atoms with Crippen LogP contribution in [0.2, 0.25) is 0 Å². The SMILES string of the molecule is CCC(N)(Cl)Cl. The summed E-state index contributed by atoms with van der Waals surface area (Å²) in [5.41, 5.74) is 5.07. The van der Waals surface area contributed by atoms with Crippen molar-refractivity contribution < 1.29 is 0 Å². The van der Waals surface area contributed by atoms with Crippen molar-refractivity contribution in [2.24, 2.45) is 5.73 Å². The van der Waals surface area contributed by atoms with Crippen molar-refractivity contribution in [3.63, 3.8) is 0 Å². The molecule has 0 atom stereocenters. The van der Waals surface area contributed by atoms with Gasteiger partial charge in [0.25, 0.3) is 0 Å². The van der Waals surface area contributed by atoms with Crippen LogP contribution in [-0.2, 0) is 0 Å². The quantitative estimate of drug-likeness (QED) is 0.420. The zero-order valence-corrected chi connectivity index (χ0v) is 5.05. The number of hydrogen-bond donors (Lipinski definition) is 1. The summed E-state index contributed by atoms with van der Waals surface area (Å²) in [6.07, 6.45) is 0.579. The standard InChI is InChI=1S/C3H7Cl2N/c1-2-3(4,5)6/h2,6H2,1H3. The molecule has 38 valence electrons. The molecule has 0 amide bonds. The second-order valence-electron chi connectivity index (χ2n) is 1.11. The highest BCUT2D eigenvalue weighted by molar-refractivity contribution is 6.47. The van der Waals surface area contributed by atoms with Crippen LogP contribution < -0.4 is 5.73 Å². The topological polar surface area (TPSA) is 26.0 Å². The van der Waals surface area contributed by atoms with Gasteiger partial charge in [0.1, 0.15) is 0 Å². The van der Waals surface area contributed by atoms with Gasteiger partial charge in [-0.1, -0.05) is 30.1 Å². The number of hydrogen-bond acceptors (Lipinski definition) is 1. The van der Waals surface area contributed by atoms with Gasteiger partial charge in [0.05, 0.1) is 0 Å². The van der Waals surface area contributed by atoms with E-state index < -0.39 is 4.46 Å². The molecule has 6 heavy (non-hydrogen) atoms. The molecule has 0 radical (unpaired) electrons. The van der Waals surface area contributed by atoms with Gasteiger partial charge in [-0.25, -0.2) is 0 Å². The molecule has 0 saturated carbocycles. The maximum atomic E-state index is 5.26. The third-order valence-corrected chi connectivity index (χ3v) is 1.01. The summed E-state index contributed by atoms with van der Waals surface area (Å²) in [6, 6.07) is 0. The lowest BCUT2D eigenvalue weighted by Gasteiger charge is -2.06. The minimum absolute atomic E-state index is 0.579. The van der Waals surface area contributed by atoms with Gasteiger partial charge in [-0.15, -0.1) is 0 Å². The third kappa shape index (κ3) is 4.54. The average molecular weight is 128 g/mol. The Morgan fingerprint density at radius 1 is 1.67 bits per heavy atom. The number of alkyl halides is 2. The maximum Gasteiger partial charge on any atom is 0.166 e. The van der Waals surface area contributed by atoms with Crippen molar-refractivity contribution in [1.82, 2.24) is 0 Å². The van der Waals surface area contributed by atoms with E-state index in [1.807, 2.05) is 6.92 Å². The first-order valence-corrected chi connectivity index (χ1v) is 2.48. The van der Waals surface area contributed by atoms with Crippen molar-refractivity contribution in [3.8, 4) is 0 Å². The van der Waals surface area contributed by atoms with Gasteiger partial charge in [0.15, 0.2) is 4.46 Å². The molecule has 0 saturated heterocycles. The van der Waals surface area contributed by atoms with Crippen molar-refractivity contribution in [2.75, 3.05) is 0 Å². The van der Waals surface area contributed by atoms with E-state index in [0.29, 0.717) is 6.42 Å². The van der Waals surface area contributed by atoms with E-state index >= 15 is 0 Å². The van der Waals surface area contributed by atoms with Crippen molar-refractivity contribution in [2.45, 2.75) is 17.8 Å². The summed E-state index contributed by atoms with van der Waals surface area (Å²) >= 11 is 10.5. The van der Waals surface area contributed by atoms with Crippen LogP contribution in [0.4, 0.5) is 0 Å². The Balaban J connectivity index is 3.17. The summed E-state index contributed by atoms with van der Waals surface area (Å²) in [4.78, 5) is 0. The average Bonchev–Trinajstić information content (AvgIpc) is 1.35. The predicted octanol–water partition coefficient (Wildman–Crippen LogP) is 1.49. The molecule has 0 fully saturated rings. The highest BCUT2D eigenvalue weighted by Crippen LogP contribution is 2.15. The molecule has 0 aliphatic rings. The van der Waals surface area contributed by atoms with Gasteiger partial charge in [-0.3, -0.25) is 0 Å². The highest BCUT2D eigenvalue weighted by atomic mass is 35.5. The zero-order chi connectivity index (χ0) is 5.21. The zero-order valence-electron chi connectivity index (χ0n) is 3.54. The van der Waals surface area contributed by atoms with E-state index in [9.17, 15) is 0 Å². The Morgan fingerprint density at radius 2 is 1.83 bits per heavy atom. The number of halogens is 2. The molecule has 0 aromatic rings. The van der Waals surface area contributed by atoms with E-state index in [0.717, 1.165) is 0 Å². The first-order chi connectivity index (χ1) is 2.56. The molecule has 3 heteroatoms. The summed E-state index contributed by atoms with van der Waals surface area (Å²) in [7, 11) is 0. The van der Waals surface area contributed by atoms with Crippen LogP contribution in [0.15, 0.2) is 0 Å². The van der Waals surface area contributed by atoms with E-state index in [1.165, 1.54) is 0 Å². The third-order valence-electron chi connectivity index (χ3n) is 0.471. The lowest BCUT2D eigenvalue weighted by atomic mass is 10.5. The molecule has 0 rings (SSSR count). The van der Waals surface area contributed by atoms with E-state index in [-0.39, 0.29) is 0 Å². The highest BCUT2D eigenvalue weighted by Gasteiger charge is 2.10. The fourth-order valence-electron chi connectivity index (χ4n) is 0. The first-order valence-electron chi connectivity index (χ1n) is 1.73. The van der Waals surface area contributed by atoms with Gasteiger partial charge >= 0.3 is 0 Å². The largest absolute Gasteiger partial charge is 0.300 e. The molecule has 0 bridgehead atoms. The van der Waals surface area contributed by atoms with E-state index in [4.69, 9.17) is 28.9 Å². The minimum Gasteiger partial charge on any atom is -0.300 e. The predicted molar refractivity (Wildman–Crippen MR) is 28.9 cm³/mol. The fraction of sp³-hybridized carbons (Fsp3) is 1.00. The van der Waals surface area contributed by atoms with Crippen LogP contribution in [0.25, 0.3) is 0 Å². The van der Waals surface area contributed by atoms with Gasteiger partial charge < -0.3 is 5.73 Å². The second kappa shape index (κ2) is 2.01. The van der Waals surface area contributed by atoms with Gasteiger partial charge in [0, 0.05) is 0 Å². The van der Waals surface area contributed by atoms with E-state index in [1.54, 1.807) is 0 Å². The summed E-state index contributed by atoms with van der Waals surface area (Å²) in [6.45, 7) is 1.82. The molecule has 0 aromatic heterocycles. The minimum atomic E-state index is -1.01. The monoisotopic (exact) mass is 127 g/mol. The lowest BCUT2D eigenvalue weighted by Crippen LogP contribution is -2.23. The molecule has 1 nitrogen and oxygen atoms in total. The smallest absolute Gasteiger partial charge is 0.166 e. The van der Waals surface area contributed by atoms with Crippen LogP contribution in [0.3, 0.4) is 0 Å². The normalized spacial score (nSPS) is 12.0. The molecular weight excluding hydrogens is 121 g/mol. The summed E-state index contributed by atoms with van der Waals surface area (Å²) in [5, 5.41) is 0. The molecule has 0 spiro atoms. The Morgan fingerprint density at radius 3 is 1.83 bits per heavy atom. The van der Waals surface area contributed by atoms with Crippen LogP contribution >= 0.6 is 23.2 Å². The summed E-state index contributed by atoms with van der Waals surface area (Å²) < 4.78 is -1.01. The summed E-state index contributed by atoms with van der Waals surface area (Å²) in [5.74, 6) is 0. The van der Waals surface area contributed by atoms with Gasteiger partial charge in [-0.05, 0) is 6.42 Å². The van der Waals surface area contributed by atoms with Crippen molar-refractivity contribution in [1.29, 1.82) is 0 Å². The van der Waals surface area contributed by atoms with Crippen LogP contribution in [0.1, 0.15) is 13.3 Å². The number of rotatable bonds is 1. The van der Waals surface area contributed by atoms with Crippen molar-refractivity contribution >= 4 is 23.2 Å². The molecule has 0 heterocycles. The first kappa shape index (κ1) is 6.54. The maximum absolute atomic E-state index is 5.26. The Hall–Kier alpha value is 0.540. The molecule has 2 N–H and O–H groups in total. The Labute approximate surface area is 47.4 Å². The lowest BCUT2D eigenvalue weighted by molar-refractivity contribution is 0.784. The van der Waals surface area contributed by atoms with Gasteiger partial charge in [0.2, 0.25) is 0 Å². The van der Waals surface area contributed by atoms with Crippen molar-refractivity contribution in [3.05, 3.63) is 0 Å². The van der Waals surface area contributed by atoms with Crippen LogP contribution in [0, 0.1) is 0 Å². The Kier molecular flexibility index (Phi) is 2.19. The molecule has 0 aliphatic heterocycles. The van der Waals surface area contributed by atoms with Crippen LogP contribution in [-0.4, -0.2) is 4.46 Å². The molecule has 0 aliphatic carbocycles. The Bertz CT molecular complexity index is 38.5. The second-order valence-corrected chi connectivity index (χ2v) is 2.66. The molecule has 0 unspecified atom stereocenters. The molecular formula is C3H7Cl2N. The fourth-order valence-corrected chi connectivity index (χ4v) is 0.